The number of amides is 2. The molecule has 116 valence electrons. The molecule has 1 unspecified atom stereocenters. The van der Waals surface area contributed by atoms with Crippen LogP contribution in [0.2, 0.25) is 5.02 Å². The first-order chi connectivity index (χ1) is 10.5. The van der Waals surface area contributed by atoms with Crippen LogP contribution in [0, 0.1) is 0 Å². The van der Waals surface area contributed by atoms with Crippen molar-refractivity contribution in [1.82, 2.24) is 5.32 Å². The zero-order chi connectivity index (χ0) is 16.1. The van der Waals surface area contributed by atoms with Crippen LogP contribution in [0.1, 0.15) is 30.5 Å². The van der Waals surface area contributed by atoms with Gasteiger partial charge in [-0.3, -0.25) is 0 Å². The van der Waals surface area contributed by atoms with Gasteiger partial charge < -0.3 is 10.6 Å². The minimum atomic E-state index is -2.58. The summed E-state index contributed by atoms with van der Waals surface area (Å²) in [4.78, 5) is 11.9. The number of alkyl halides is 2. The van der Waals surface area contributed by atoms with Crippen molar-refractivity contribution in [3.8, 4) is 0 Å². The van der Waals surface area contributed by atoms with E-state index < -0.39 is 12.5 Å². The maximum Gasteiger partial charge on any atom is 0.319 e. The van der Waals surface area contributed by atoms with Crippen molar-refractivity contribution in [3.05, 3.63) is 64.7 Å². The Bertz CT molecular complexity index is 664. The summed E-state index contributed by atoms with van der Waals surface area (Å²) in [5.74, 6) is 0. The maximum atomic E-state index is 12.6. The second kappa shape index (κ2) is 7.22. The Morgan fingerprint density at radius 3 is 2.55 bits per heavy atom. The fourth-order valence-corrected chi connectivity index (χ4v) is 2.32. The van der Waals surface area contributed by atoms with Crippen molar-refractivity contribution in [2.24, 2.45) is 0 Å². The van der Waals surface area contributed by atoms with Gasteiger partial charge in [-0.05, 0) is 30.7 Å². The Morgan fingerprint density at radius 1 is 1.14 bits per heavy atom. The topological polar surface area (TPSA) is 41.1 Å². The van der Waals surface area contributed by atoms with Crippen molar-refractivity contribution < 1.29 is 13.6 Å². The fraction of sp³-hybridized carbons (Fsp3) is 0.188. The summed E-state index contributed by atoms with van der Waals surface area (Å²) in [6, 6.07) is 11.9. The van der Waals surface area contributed by atoms with Crippen LogP contribution in [0.25, 0.3) is 0 Å². The Morgan fingerprint density at radius 2 is 1.86 bits per heavy atom. The molecular weight excluding hydrogens is 310 g/mol. The monoisotopic (exact) mass is 324 g/mol. The van der Waals surface area contributed by atoms with E-state index >= 15 is 0 Å². The van der Waals surface area contributed by atoms with Gasteiger partial charge in [-0.15, -0.1) is 0 Å². The van der Waals surface area contributed by atoms with E-state index in [-0.39, 0.29) is 11.6 Å². The number of halogens is 3. The molecule has 0 saturated carbocycles. The summed E-state index contributed by atoms with van der Waals surface area (Å²) < 4.78 is 25.2. The minimum absolute atomic E-state index is 0.142. The van der Waals surface area contributed by atoms with E-state index in [2.05, 4.69) is 10.6 Å². The Hall–Kier alpha value is -2.14. The second-order valence-electron chi connectivity index (χ2n) is 4.77. The standard InChI is InChI=1S/C16H15ClF2N2O/c1-10(13-7-2-3-8-14(13)17)20-16(22)21-12-6-4-5-11(9-12)15(18)19/h2-10,15H,1H3,(H2,20,21,22). The van der Waals surface area contributed by atoms with E-state index in [1.165, 1.54) is 18.2 Å². The highest BCUT2D eigenvalue weighted by molar-refractivity contribution is 6.31. The number of rotatable bonds is 4. The maximum absolute atomic E-state index is 12.6. The molecule has 0 heterocycles. The van der Waals surface area contributed by atoms with E-state index in [1.807, 2.05) is 12.1 Å². The third-order valence-electron chi connectivity index (χ3n) is 3.12. The highest BCUT2D eigenvalue weighted by atomic mass is 35.5. The Labute approximate surface area is 132 Å². The van der Waals surface area contributed by atoms with Crippen molar-refractivity contribution in [2.45, 2.75) is 19.4 Å². The summed E-state index contributed by atoms with van der Waals surface area (Å²) in [6.07, 6.45) is -2.58. The molecule has 1 atom stereocenters. The molecule has 0 spiro atoms. The zero-order valence-electron chi connectivity index (χ0n) is 11.8. The molecule has 2 aromatic rings. The van der Waals surface area contributed by atoms with Crippen molar-refractivity contribution in [3.63, 3.8) is 0 Å². The normalized spacial score (nSPS) is 12.0. The fourth-order valence-electron chi connectivity index (χ4n) is 2.02. The molecule has 0 fully saturated rings. The van der Waals surface area contributed by atoms with E-state index in [0.717, 1.165) is 5.56 Å². The summed E-state index contributed by atoms with van der Waals surface area (Å²) in [6.45, 7) is 1.79. The lowest BCUT2D eigenvalue weighted by atomic mass is 10.1. The van der Waals surface area contributed by atoms with Crippen LogP contribution in [-0.4, -0.2) is 6.03 Å². The van der Waals surface area contributed by atoms with Gasteiger partial charge in [0.25, 0.3) is 6.43 Å². The molecule has 2 rings (SSSR count). The second-order valence-corrected chi connectivity index (χ2v) is 5.18. The third-order valence-corrected chi connectivity index (χ3v) is 3.46. The molecule has 3 nitrogen and oxygen atoms in total. The zero-order valence-corrected chi connectivity index (χ0v) is 12.6. The number of anilines is 1. The van der Waals surface area contributed by atoms with Crippen LogP contribution in [0.4, 0.5) is 19.3 Å². The largest absolute Gasteiger partial charge is 0.331 e. The van der Waals surface area contributed by atoms with Crippen molar-refractivity contribution in [1.29, 1.82) is 0 Å². The number of hydrogen-bond acceptors (Lipinski definition) is 1. The summed E-state index contributed by atoms with van der Waals surface area (Å²) >= 11 is 6.06. The van der Waals surface area contributed by atoms with E-state index in [4.69, 9.17) is 11.6 Å². The molecule has 6 heteroatoms. The molecule has 2 aromatic carbocycles. The average molecular weight is 325 g/mol. The van der Waals surface area contributed by atoms with E-state index in [1.54, 1.807) is 25.1 Å². The number of urea groups is 1. The van der Waals surface area contributed by atoms with E-state index in [0.29, 0.717) is 10.7 Å². The quantitative estimate of drug-likeness (QED) is 0.801. The van der Waals surface area contributed by atoms with Crippen molar-refractivity contribution in [2.75, 3.05) is 5.32 Å². The number of carbonyl (C=O) groups excluding carboxylic acids is 1. The van der Waals surface area contributed by atoms with Gasteiger partial charge in [0, 0.05) is 16.3 Å². The minimum Gasteiger partial charge on any atom is -0.331 e. The predicted octanol–water partition coefficient (Wildman–Crippen LogP) is 5.16. The van der Waals surface area contributed by atoms with Gasteiger partial charge in [-0.1, -0.05) is 41.9 Å². The van der Waals surface area contributed by atoms with Gasteiger partial charge in [0.05, 0.1) is 6.04 Å². The Balaban J connectivity index is 2.01. The molecule has 2 amide bonds. The SMILES string of the molecule is CC(NC(=O)Nc1cccc(C(F)F)c1)c1ccccc1Cl. The average Bonchev–Trinajstić information content (AvgIpc) is 2.47. The third kappa shape index (κ3) is 4.18. The van der Waals surface area contributed by atoms with E-state index in [9.17, 15) is 13.6 Å². The predicted molar refractivity (Wildman–Crippen MR) is 83.4 cm³/mol. The van der Waals surface area contributed by atoms with Gasteiger partial charge in [-0.2, -0.15) is 0 Å². The first kappa shape index (κ1) is 16.2. The smallest absolute Gasteiger partial charge is 0.319 e. The van der Waals surface area contributed by atoms with Crippen LogP contribution >= 0.6 is 11.6 Å². The van der Waals surface area contributed by atoms with Gasteiger partial charge in [0.2, 0.25) is 0 Å². The number of hydrogen-bond donors (Lipinski definition) is 2. The molecule has 0 saturated heterocycles. The molecule has 0 radical (unpaired) electrons. The van der Waals surface area contributed by atoms with Crippen LogP contribution in [0.3, 0.4) is 0 Å². The first-order valence-electron chi connectivity index (χ1n) is 6.67. The lowest BCUT2D eigenvalue weighted by Gasteiger charge is -2.16. The van der Waals surface area contributed by atoms with Gasteiger partial charge >= 0.3 is 6.03 Å². The van der Waals surface area contributed by atoms with Gasteiger partial charge in [0.15, 0.2) is 0 Å². The van der Waals surface area contributed by atoms with Crippen LogP contribution in [0.15, 0.2) is 48.5 Å². The number of nitrogens with one attached hydrogen (secondary N) is 2. The summed E-state index contributed by atoms with van der Waals surface area (Å²) in [7, 11) is 0. The van der Waals surface area contributed by atoms with Crippen LogP contribution < -0.4 is 10.6 Å². The molecule has 2 N–H and O–H groups in total. The highest BCUT2D eigenvalue weighted by Gasteiger charge is 2.13. The molecule has 0 bridgehead atoms. The van der Waals surface area contributed by atoms with Crippen LogP contribution in [-0.2, 0) is 0 Å². The lowest BCUT2D eigenvalue weighted by Crippen LogP contribution is -2.31. The Kier molecular flexibility index (Phi) is 5.33. The molecule has 0 aliphatic rings. The van der Waals surface area contributed by atoms with Crippen molar-refractivity contribution >= 4 is 23.3 Å². The molecule has 0 aliphatic carbocycles. The molecule has 22 heavy (non-hydrogen) atoms. The van der Waals surface area contributed by atoms with Gasteiger partial charge in [-0.25, -0.2) is 13.6 Å². The number of carbonyl (C=O) groups is 1. The first-order valence-corrected chi connectivity index (χ1v) is 7.05. The lowest BCUT2D eigenvalue weighted by molar-refractivity contribution is 0.151. The number of benzene rings is 2. The summed E-state index contributed by atoms with van der Waals surface area (Å²) in [5.41, 5.74) is 0.944. The molecular formula is C16H15ClF2N2O. The van der Waals surface area contributed by atoms with Crippen LogP contribution in [0.5, 0.6) is 0 Å². The molecule has 0 aromatic heterocycles. The van der Waals surface area contributed by atoms with Gasteiger partial charge in [0.1, 0.15) is 0 Å². The summed E-state index contributed by atoms with van der Waals surface area (Å²) in [5, 5.41) is 5.79. The highest BCUT2D eigenvalue weighted by Crippen LogP contribution is 2.23. The molecule has 0 aliphatic heterocycles.